The predicted molar refractivity (Wildman–Crippen MR) is 89.5 cm³/mol. The predicted octanol–water partition coefficient (Wildman–Crippen LogP) is 3.42. The van der Waals surface area contributed by atoms with Crippen LogP contribution in [0.1, 0.15) is 18.4 Å². The van der Waals surface area contributed by atoms with Crippen LogP contribution in [0.15, 0.2) is 60.4 Å². The molecule has 4 nitrogen and oxygen atoms in total. The second kappa shape index (κ2) is 5.04. The lowest BCUT2D eigenvalue weighted by atomic mass is 9.98. The second-order valence-electron chi connectivity index (χ2n) is 5.60. The maximum absolute atomic E-state index is 13.7. The van der Waals surface area contributed by atoms with Gasteiger partial charge in [0.05, 0.1) is 10.6 Å². The highest BCUT2D eigenvalue weighted by atomic mass is 31.2. The molecular weight excluding hydrogens is 311 g/mol. The van der Waals surface area contributed by atoms with E-state index in [-0.39, 0.29) is 16.8 Å². The van der Waals surface area contributed by atoms with E-state index in [0.717, 1.165) is 24.0 Å². The SMILES string of the molecule is O=P1(c2cc(O)ccc2O)OC2=CCCC=C2c2ccccc21. The molecule has 1 heterocycles. The summed E-state index contributed by atoms with van der Waals surface area (Å²) >= 11 is 0. The average molecular weight is 326 g/mol. The van der Waals surface area contributed by atoms with Crippen molar-refractivity contribution >= 4 is 23.6 Å². The largest absolute Gasteiger partial charge is 0.508 e. The smallest absolute Gasteiger partial charge is 0.311 e. The van der Waals surface area contributed by atoms with E-state index >= 15 is 0 Å². The van der Waals surface area contributed by atoms with E-state index in [0.29, 0.717) is 11.1 Å². The number of benzene rings is 2. The first kappa shape index (κ1) is 14.2. The summed E-state index contributed by atoms with van der Waals surface area (Å²) in [6.45, 7) is 0. The molecule has 23 heavy (non-hydrogen) atoms. The molecule has 2 N–H and O–H groups in total. The summed E-state index contributed by atoms with van der Waals surface area (Å²) < 4.78 is 19.6. The van der Waals surface area contributed by atoms with Crippen molar-refractivity contribution in [3.8, 4) is 11.5 Å². The Morgan fingerprint density at radius 3 is 2.61 bits per heavy atom. The van der Waals surface area contributed by atoms with E-state index in [1.54, 1.807) is 12.1 Å². The Labute approximate surface area is 133 Å². The minimum absolute atomic E-state index is 0.0620. The van der Waals surface area contributed by atoms with Crippen LogP contribution in [0.4, 0.5) is 0 Å². The molecule has 0 bridgehead atoms. The fraction of sp³-hybridized carbons (Fsp3) is 0.111. The van der Waals surface area contributed by atoms with Gasteiger partial charge in [-0.2, -0.15) is 0 Å². The molecule has 4 rings (SSSR count). The molecule has 0 radical (unpaired) electrons. The zero-order valence-corrected chi connectivity index (χ0v) is 13.2. The van der Waals surface area contributed by atoms with Crippen LogP contribution in [-0.2, 0) is 9.09 Å². The number of allylic oxidation sites excluding steroid dienone is 3. The Balaban J connectivity index is 2.02. The van der Waals surface area contributed by atoms with Gasteiger partial charge in [-0.1, -0.05) is 24.3 Å². The average Bonchev–Trinajstić information content (AvgIpc) is 2.57. The molecule has 0 saturated carbocycles. The molecule has 0 fully saturated rings. The van der Waals surface area contributed by atoms with Crippen molar-refractivity contribution in [2.75, 3.05) is 0 Å². The summed E-state index contributed by atoms with van der Waals surface area (Å²) in [6, 6.07) is 11.4. The number of rotatable bonds is 1. The Morgan fingerprint density at radius 2 is 1.74 bits per heavy atom. The quantitative estimate of drug-likeness (QED) is 0.622. The number of aromatic hydroxyl groups is 2. The van der Waals surface area contributed by atoms with Crippen molar-refractivity contribution in [3.05, 3.63) is 65.9 Å². The molecule has 2 aromatic rings. The molecule has 0 saturated heterocycles. The van der Waals surface area contributed by atoms with Crippen LogP contribution in [0.2, 0.25) is 0 Å². The third-order valence-corrected chi connectivity index (χ3v) is 6.60. The molecule has 1 atom stereocenters. The van der Waals surface area contributed by atoms with Crippen LogP contribution in [-0.4, -0.2) is 10.2 Å². The van der Waals surface area contributed by atoms with Crippen molar-refractivity contribution < 1.29 is 19.3 Å². The van der Waals surface area contributed by atoms with E-state index < -0.39 is 7.37 Å². The van der Waals surface area contributed by atoms with Gasteiger partial charge in [-0.25, -0.2) is 0 Å². The van der Waals surface area contributed by atoms with Crippen molar-refractivity contribution in [2.45, 2.75) is 12.8 Å². The molecule has 1 unspecified atom stereocenters. The minimum Gasteiger partial charge on any atom is -0.508 e. The number of hydrogen-bond donors (Lipinski definition) is 2. The Morgan fingerprint density at radius 1 is 0.957 bits per heavy atom. The summed E-state index contributed by atoms with van der Waals surface area (Å²) in [6.07, 6.45) is 5.75. The van der Waals surface area contributed by atoms with Gasteiger partial charge in [0.2, 0.25) is 0 Å². The van der Waals surface area contributed by atoms with Crippen molar-refractivity contribution in [2.24, 2.45) is 0 Å². The third kappa shape index (κ3) is 2.10. The number of hydrogen-bond acceptors (Lipinski definition) is 4. The monoisotopic (exact) mass is 326 g/mol. The van der Waals surface area contributed by atoms with Crippen LogP contribution >= 0.6 is 7.37 Å². The fourth-order valence-electron chi connectivity index (χ4n) is 3.05. The van der Waals surface area contributed by atoms with Gasteiger partial charge in [0.25, 0.3) is 0 Å². The molecule has 0 aromatic heterocycles. The van der Waals surface area contributed by atoms with Crippen molar-refractivity contribution in [1.29, 1.82) is 0 Å². The summed E-state index contributed by atoms with van der Waals surface area (Å²) in [5.74, 6) is 0.374. The zero-order valence-electron chi connectivity index (χ0n) is 12.3. The van der Waals surface area contributed by atoms with Crippen molar-refractivity contribution in [3.63, 3.8) is 0 Å². The first-order chi connectivity index (χ1) is 11.1. The van der Waals surface area contributed by atoms with Gasteiger partial charge in [0.1, 0.15) is 17.3 Å². The number of fused-ring (bicyclic) bond motifs is 3. The highest BCUT2D eigenvalue weighted by molar-refractivity contribution is 7.75. The van der Waals surface area contributed by atoms with Gasteiger partial charge in [-0.15, -0.1) is 0 Å². The summed E-state index contributed by atoms with van der Waals surface area (Å²) in [4.78, 5) is 0. The van der Waals surface area contributed by atoms with Crippen LogP contribution in [0.3, 0.4) is 0 Å². The molecule has 5 heteroatoms. The molecular formula is C18H15O4P. The van der Waals surface area contributed by atoms with E-state index in [9.17, 15) is 14.8 Å². The van der Waals surface area contributed by atoms with Gasteiger partial charge < -0.3 is 14.7 Å². The van der Waals surface area contributed by atoms with E-state index in [1.807, 2.05) is 18.2 Å². The fourth-order valence-corrected chi connectivity index (χ4v) is 5.43. The zero-order chi connectivity index (χ0) is 16.0. The first-order valence-electron chi connectivity index (χ1n) is 7.42. The van der Waals surface area contributed by atoms with Gasteiger partial charge in [0.15, 0.2) is 0 Å². The van der Waals surface area contributed by atoms with Gasteiger partial charge in [-0.3, -0.25) is 4.57 Å². The topological polar surface area (TPSA) is 66.8 Å². The van der Waals surface area contributed by atoms with Gasteiger partial charge >= 0.3 is 7.37 Å². The second-order valence-corrected chi connectivity index (χ2v) is 7.85. The minimum atomic E-state index is -3.53. The summed E-state index contributed by atoms with van der Waals surface area (Å²) in [5, 5.41) is 20.6. The number of phenolic OH excluding ortho intramolecular Hbond substituents is 2. The molecule has 2 aromatic carbocycles. The number of phenols is 2. The van der Waals surface area contributed by atoms with Crippen molar-refractivity contribution in [1.82, 2.24) is 0 Å². The maximum atomic E-state index is 13.7. The molecule has 0 spiro atoms. The summed E-state index contributed by atoms with van der Waals surface area (Å²) in [7, 11) is -3.53. The molecule has 2 aliphatic rings. The standard InChI is InChI=1S/C18H15O4P/c19-12-9-10-15(20)18(11-12)23(21)17-8-4-2-6-14(17)13-5-1-3-7-16(13)22-23/h2,4-11,19-20H,1,3H2. The highest BCUT2D eigenvalue weighted by Gasteiger charge is 2.41. The lowest BCUT2D eigenvalue weighted by molar-refractivity contribution is 0.426. The lowest BCUT2D eigenvalue weighted by Crippen LogP contribution is -2.26. The van der Waals surface area contributed by atoms with Gasteiger partial charge in [0, 0.05) is 5.57 Å². The van der Waals surface area contributed by atoms with Crippen LogP contribution in [0.25, 0.3) is 5.57 Å². The Bertz CT molecular complexity index is 911. The first-order valence-corrected chi connectivity index (χ1v) is 9.05. The van der Waals surface area contributed by atoms with Crippen LogP contribution in [0, 0.1) is 0 Å². The summed E-state index contributed by atoms with van der Waals surface area (Å²) in [5.41, 5.74) is 1.80. The maximum Gasteiger partial charge on any atom is 0.311 e. The van der Waals surface area contributed by atoms with E-state index in [4.69, 9.17) is 4.52 Å². The van der Waals surface area contributed by atoms with E-state index in [2.05, 4.69) is 6.08 Å². The van der Waals surface area contributed by atoms with Crippen LogP contribution < -0.4 is 10.6 Å². The molecule has 1 aliphatic heterocycles. The molecule has 1 aliphatic carbocycles. The van der Waals surface area contributed by atoms with E-state index in [1.165, 1.54) is 18.2 Å². The van der Waals surface area contributed by atoms with Gasteiger partial charge in [-0.05, 0) is 48.7 Å². The Kier molecular flexibility index (Phi) is 3.10. The lowest BCUT2D eigenvalue weighted by Gasteiger charge is -2.32. The van der Waals surface area contributed by atoms with Crippen LogP contribution in [0.5, 0.6) is 11.5 Å². The third-order valence-electron chi connectivity index (χ3n) is 4.12. The normalized spacial score (nSPS) is 22.3. The Hall–Kier alpha value is -2.45. The molecule has 0 amide bonds. The molecule has 116 valence electrons. The highest BCUT2D eigenvalue weighted by Crippen LogP contribution is 2.56.